The largest absolute Gasteiger partial charge is 0.392 e. The molecule has 2 aromatic carbocycles. The second-order valence-corrected chi connectivity index (χ2v) is 10.2. The van der Waals surface area contributed by atoms with E-state index in [1.54, 1.807) is 11.0 Å². The molecule has 8 nitrogen and oxygen atoms in total. The van der Waals surface area contributed by atoms with Crippen molar-refractivity contribution in [2.45, 2.75) is 38.5 Å². The number of nitrogens with one attached hydrogen (secondary N) is 2. The van der Waals surface area contributed by atoms with Crippen molar-refractivity contribution in [3.05, 3.63) is 67.4 Å². The summed E-state index contributed by atoms with van der Waals surface area (Å²) in [5.74, 6) is -0.411. The average Bonchev–Trinajstić information content (AvgIpc) is 3.22. The van der Waals surface area contributed by atoms with Gasteiger partial charge in [-0.15, -0.1) is 0 Å². The summed E-state index contributed by atoms with van der Waals surface area (Å²) in [4.78, 5) is 36.5. The van der Waals surface area contributed by atoms with Crippen molar-refractivity contribution in [1.82, 2.24) is 19.8 Å². The lowest BCUT2D eigenvalue weighted by Gasteiger charge is -2.36. The van der Waals surface area contributed by atoms with Crippen LogP contribution >= 0.6 is 23.2 Å². The van der Waals surface area contributed by atoms with Gasteiger partial charge in [0, 0.05) is 29.7 Å². The van der Waals surface area contributed by atoms with Gasteiger partial charge in [-0.25, -0.2) is 9.37 Å². The summed E-state index contributed by atoms with van der Waals surface area (Å²) < 4.78 is 14.8. The number of carbonyl (C=O) groups excluding carboxylic acids is 1. The first-order chi connectivity index (χ1) is 17.2. The number of hydrogen-bond donors (Lipinski definition) is 3. The molecule has 2 aliphatic rings. The first-order valence-electron chi connectivity index (χ1n) is 11.8. The number of anilines is 1. The maximum absolute atomic E-state index is 14.8. The van der Waals surface area contributed by atoms with Crippen LogP contribution in [0.15, 0.2) is 29.1 Å². The lowest BCUT2D eigenvalue weighted by atomic mass is 9.93. The van der Waals surface area contributed by atoms with Gasteiger partial charge >= 0.3 is 0 Å². The fourth-order valence-corrected chi connectivity index (χ4v) is 5.80. The molecule has 3 aromatic rings. The maximum atomic E-state index is 14.8. The highest BCUT2D eigenvalue weighted by Crippen LogP contribution is 2.37. The molecule has 5 rings (SSSR count). The van der Waals surface area contributed by atoms with Crippen LogP contribution in [-0.2, 0) is 17.8 Å². The van der Waals surface area contributed by atoms with Gasteiger partial charge in [0.25, 0.3) is 5.56 Å². The predicted molar refractivity (Wildman–Crippen MR) is 137 cm³/mol. The molecule has 36 heavy (non-hydrogen) atoms. The molecular weight excluding hydrogens is 508 g/mol. The Morgan fingerprint density at radius 3 is 2.83 bits per heavy atom. The second-order valence-electron chi connectivity index (χ2n) is 9.37. The molecule has 0 saturated carbocycles. The van der Waals surface area contributed by atoms with E-state index in [1.165, 1.54) is 6.07 Å². The third-order valence-electron chi connectivity index (χ3n) is 6.90. The van der Waals surface area contributed by atoms with Gasteiger partial charge in [0.2, 0.25) is 5.91 Å². The molecule has 1 aromatic heterocycles. The zero-order valence-electron chi connectivity index (χ0n) is 19.7. The van der Waals surface area contributed by atoms with Gasteiger partial charge in [0.05, 0.1) is 41.8 Å². The summed E-state index contributed by atoms with van der Waals surface area (Å²) in [5.41, 5.74) is 1.88. The van der Waals surface area contributed by atoms with Gasteiger partial charge in [-0.1, -0.05) is 23.2 Å². The molecule has 190 valence electrons. The number of aliphatic hydroxyl groups is 1. The van der Waals surface area contributed by atoms with Crippen molar-refractivity contribution >= 4 is 45.7 Å². The van der Waals surface area contributed by atoms with Gasteiger partial charge < -0.3 is 20.3 Å². The fourth-order valence-electron chi connectivity index (χ4n) is 5.10. The van der Waals surface area contributed by atoms with Crippen LogP contribution in [0.25, 0.3) is 10.9 Å². The minimum absolute atomic E-state index is 0.0892. The number of hydrogen-bond acceptors (Lipinski definition) is 6. The standard InChI is InChI=1S/C25H26Cl2FN5O3/c1-13-24-14(6-15(26)7-18(24)27)2-5-33(13)23(35)10-29-21-9-20-17(8-19(21)28)25(36)31-22(30-20)12-32-4-3-16(34)11-32/h6-9,13,16,29,34H,2-5,10-12H2,1H3,(H,30,31,36)/t13?,16-/m1/s1. The van der Waals surface area contributed by atoms with Gasteiger partial charge in [0.1, 0.15) is 11.6 Å². The Kier molecular flexibility index (Phi) is 6.91. The molecule has 2 aliphatic heterocycles. The average molecular weight is 534 g/mol. The number of β-amino-alcohol motifs (C(OH)–C–C–N with tert-alkyl or cyclic N) is 1. The molecule has 11 heteroatoms. The number of aromatic nitrogens is 2. The van der Waals surface area contributed by atoms with E-state index < -0.39 is 11.4 Å². The monoisotopic (exact) mass is 533 g/mol. The molecule has 1 unspecified atom stereocenters. The van der Waals surface area contributed by atoms with Crippen LogP contribution < -0.4 is 10.9 Å². The molecule has 1 amide bonds. The number of carbonyl (C=O) groups is 1. The SMILES string of the molecule is CC1c2c(Cl)cc(Cl)cc2CCN1C(=O)CNc1cc2nc(CN3CC[C@@H](O)C3)[nH]c(=O)c2cc1F. The number of aromatic amines is 1. The topological polar surface area (TPSA) is 102 Å². The summed E-state index contributed by atoms with van der Waals surface area (Å²) in [6.07, 6.45) is 0.913. The normalized spacial score (nSPS) is 20.1. The zero-order chi connectivity index (χ0) is 25.6. The Hall–Kier alpha value is -2.72. The summed E-state index contributed by atoms with van der Waals surface area (Å²) in [6, 6.07) is 5.87. The summed E-state index contributed by atoms with van der Waals surface area (Å²) >= 11 is 12.5. The van der Waals surface area contributed by atoms with E-state index in [4.69, 9.17) is 23.2 Å². The van der Waals surface area contributed by atoms with E-state index in [0.29, 0.717) is 60.4 Å². The molecular formula is C25H26Cl2FN5O3. The van der Waals surface area contributed by atoms with Crippen LogP contribution in [0.1, 0.15) is 36.3 Å². The minimum Gasteiger partial charge on any atom is -0.392 e. The number of amides is 1. The molecule has 3 N–H and O–H groups in total. The number of likely N-dealkylation sites (tertiary alicyclic amines) is 1. The number of aliphatic hydroxyl groups excluding tert-OH is 1. The van der Waals surface area contributed by atoms with Crippen LogP contribution in [0.2, 0.25) is 10.0 Å². The number of fused-ring (bicyclic) bond motifs is 2. The molecule has 1 saturated heterocycles. The van der Waals surface area contributed by atoms with E-state index in [0.717, 1.165) is 17.2 Å². The number of rotatable bonds is 5. The number of H-pyrrole nitrogens is 1. The predicted octanol–water partition coefficient (Wildman–Crippen LogP) is 3.49. The lowest BCUT2D eigenvalue weighted by Crippen LogP contribution is -2.42. The van der Waals surface area contributed by atoms with Gasteiger partial charge in [0.15, 0.2) is 0 Å². The van der Waals surface area contributed by atoms with E-state index in [1.807, 2.05) is 17.9 Å². The lowest BCUT2D eigenvalue weighted by molar-refractivity contribution is -0.131. The first-order valence-corrected chi connectivity index (χ1v) is 12.6. The highest BCUT2D eigenvalue weighted by molar-refractivity contribution is 6.35. The number of nitrogens with zero attached hydrogens (tertiary/aromatic N) is 3. The van der Waals surface area contributed by atoms with Gasteiger partial charge in [-0.2, -0.15) is 0 Å². The Morgan fingerprint density at radius 2 is 2.08 bits per heavy atom. The third-order valence-corrected chi connectivity index (χ3v) is 7.43. The number of benzene rings is 2. The minimum atomic E-state index is -0.646. The summed E-state index contributed by atoms with van der Waals surface area (Å²) in [6.45, 7) is 3.87. The summed E-state index contributed by atoms with van der Waals surface area (Å²) in [5, 5.41) is 13.8. The van der Waals surface area contributed by atoms with Crippen molar-refractivity contribution in [1.29, 1.82) is 0 Å². The Morgan fingerprint density at radius 1 is 1.28 bits per heavy atom. The molecule has 0 bridgehead atoms. The Bertz CT molecular complexity index is 1400. The highest BCUT2D eigenvalue weighted by atomic mass is 35.5. The van der Waals surface area contributed by atoms with Crippen LogP contribution in [0.3, 0.4) is 0 Å². The zero-order valence-corrected chi connectivity index (χ0v) is 21.2. The third kappa shape index (κ3) is 4.93. The quantitative estimate of drug-likeness (QED) is 0.464. The van der Waals surface area contributed by atoms with Crippen molar-refractivity contribution in [2.75, 3.05) is 31.5 Å². The molecule has 1 fully saturated rings. The molecule has 0 aliphatic carbocycles. The Balaban J connectivity index is 1.32. The van der Waals surface area contributed by atoms with Crippen LogP contribution in [-0.4, -0.2) is 63.1 Å². The van der Waals surface area contributed by atoms with Crippen LogP contribution in [0, 0.1) is 5.82 Å². The summed E-state index contributed by atoms with van der Waals surface area (Å²) in [7, 11) is 0. The van der Waals surface area contributed by atoms with Gasteiger partial charge in [-0.05, 0) is 55.2 Å². The second kappa shape index (κ2) is 9.97. The van der Waals surface area contributed by atoms with Crippen LogP contribution in [0.5, 0.6) is 0 Å². The molecule has 3 heterocycles. The van der Waals surface area contributed by atoms with Crippen molar-refractivity contribution < 1.29 is 14.3 Å². The van der Waals surface area contributed by atoms with E-state index >= 15 is 0 Å². The molecule has 2 atom stereocenters. The molecule has 0 radical (unpaired) electrons. The fraction of sp³-hybridized carbons (Fsp3) is 0.400. The van der Waals surface area contributed by atoms with Crippen molar-refractivity contribution in [3.63, 3.8) is 0 Å². The van der Waals surface area contributed by atoms with E-state index in [2.05, 4.69) is 15.3 Å². The van der Waals surface area contributed by atoms with Crippen molar-refractivity contribution in [3.8, 4) is 0 Å². The van der Waals surface area contributed by atoms with E-state index in [-0.39, 0.29) is 35.7 Å². The maximum Gasteiger partial charge on any atom is 0.258 e. The van der Waals surface area contributed by atoms with E-state index in [9.17, 15) is 19.1 Å². The smallest absolute Gasteiger partial charge is 0.258 e. The number of halogens is 3. The molecule has 0 spiro atoms. The van der Waals surface area contributed by atoms with Gasteiger partial charge in [-0.3, -0.25) is 14.5 Å². The van der Waals surface area contributed by atoms with Crippen molar-refractivity contribution in [2.24, 2.45) is 0 Å². The van der Waals surface area contributed by atoms with Crippen LogP contribution in [0.4, 0.5) is 10.1 Å². The first kappa shape index (κ1) is 25.0. The Labute approximate surface area is 217 Å². The highest BCUT2D eigenvalue weighted by Gasteiger charge is 2.29.